The fraction of sp³-hybridized carbons (Fsp3) is 0.333. The summed E-state index contributed by atoms with van der Waals surface area (Å²) in [5.41, 5.74) is 2.18. The molecule has 3 rings (SSSR count). The second-order valence-corrected chi connectivity index (χ2v) is 5.19. The van der Waals surface area contributed by atoms with E-state index >= 15 is 0 Å². The second kappa shape index (κ2) is 6.93. The van der Waals surface area contributed by atoms with E-state index in [1.165, 1.54) is 17.1 Å². The van der Waals surface area contributed by atoms with Crippen molar-refractivity contribution in [3.05, 3.63) is 28.9 Å². The van der Waals surface area contributed by atoms with Gasteiger partial charge in [0.15, 0.2) is 0 Å². The van der Waals surface area contributed by atoms with Gasteiger partial charge in [-0.25, -0.2) is 9.97 Å². The van der Waals surface area contributed by atoms with E-state index in [4.69, 9.17) is 0 Å². The van der Waals surface area contributed by atoms with E-state index in [1.54, 1.807) is 17.7 Å². The average molecular weight is 319 g/mol. The Balaban J connectivity index is 0.000000902. The first kappa shape index (κ1) is 16.0. The van der Waals surface area contributed by atoms with Crippen LogP contribution in [0.5, 0.6) is 0 Å². The van der Waals surface area contributed by atoms with E-state index in [0.29, 0.717) is 0 Å². The monoisotopic (exact) mass is 318 g/mol. The number of halogens is 2. The standard InChI is InChI=1S/C12H14N4S.2ClH/c1-16-7-9(14-8-16)4-5-11-15-10-3-2-6-13-12(10)17-11;;/h4-5,7-8,13H,2-3,6H2,1H3;2*1H. The quantitative estimate of drug-likeness (QED) is 0.924. The number of hydrogen-bond donors (Lipinski definition) is 1. The Morgan fingerprint density at radius 1 is 1.37 bits per heavy atom. The summed E-state index contributed by atoms with van der Waals surface area (Å²) in [4.78, 5) is 8.86. The number of nitrogens with one attached hydrogen (secondary N) is 1. The molecule has 0 saturated carbocycles. The van der Waals surface area contributed by atoms with Crippen molar-refractivity contribution in [2.45, 2.75) is 12.8 Å². The molecule has 0 atom stereocenters. The number of aryl methyl sites for hydroxylation is 2. The highest BCUT2D eigenvalue weighted by molar-refractivity contribution is 7.16. The number of aromatic nitrogens is 3. The number of anilines is 1. The first-order valence-electron chi connectivity index (χ1n) is 5.71. The van der Waals surface area contributed by atoms with Gasteiger partial charge in [0.1, 0.15) is 10.0 Å². The van der Waals surface area contributed by atoms with Gasteiger partial charge in [0.25, 0.3) is 0 Å². The number of thiazole rings is 1. The largest absolute Gasteiger partial charge is 0.375 e. The summed E-state index contributed by atoms with van der Waals surface area (Å²) in [6.07, 6.45) is 10.1. The number of rotatable bonds is 2. The molecule has 3 heterocycles. The fourth-order valence-corrected chi connectivity index (χ4v) is 2.82. The molecule has 0 aliphatic carbocycles. The molecule has 2 aromatic rings. The molecule has 0 saturated heterocycles. The molecule has 0 spiro atoms. The predicted octanol–water partition coefficient (Wildman–Crippen LogP) is 3.25. The van der Waals surface area contributed by atoms with Crippen molar-refractivity contribution in [3.8, 4) is 0 Å². The van der Waals surface area contributed by atoms with Crippen molar-refractivity contribution < 1.29 is 0 Å². The molecule has 19 heavy (non-hydrogen) atoms. The van der Waals surface area contributed by atoms with Crippen LogP contribution in [-0.2, 0) is 13.5 Å². The van der Waals surface area contributed by atoms with Gasteiger partial charge >= 0.3 is 0 Å². The lowest BCUT2D eigenvalue weighted by Gasteiger charge is -2.10. The van der Waals surface area contributed by atoms with Gasteiger partial charge < -0.3 is 9.88 Å². The first-order chi connectivity index (χ1) is 8.31. The lowest BCUT2D eigenvalue weighted by atomic mass is 10.2. The van der Waals surface area contributed by atoms with Crippen LogP contribution >= 0.6 is 36.2 Å². The molecular formula is C12H16Cl2N4S. The lowest BCUT2D eigenvalue weighted by molar-refractivity contribution is 0.813. The Labute approximate surface area is 128 Å². The Hall–Kier alpha value is -1.04. The summed E-state index contributed by atoms with van der Waals surface area (Å²) >= 11 is 1.72. The molecular weight excluding hydrogens is 303 g/mol. The third-order valence-electron chi connectivity index (χ3n) is 2.71. The highest BCUT2D eigenvalue weighted by atomic mass is 35.5. The molecule has 0 radical (unpaired) electrons. The van der Waals surface area contributed by atoms with Gasteiger partial charge in [-0.2, -0.15) is 0 Å². The van der Waals surface area contributed by atoms with E-state index < -0.39 is 0 Å². The van der Waals surface area contributed by atoms with E-state index in [0.717, 1.165) is 23.7 Å². The number of hydrogen-bond acceptors (Lipinski definition) is 4. The number of fused-ring (bicyclic) bond motifs is 1. The molecule has 7 heteroatoms. The highest BCUT2D eigenvalue weighted by Gasteiger charge is 2.13. The summed E-state index contributed by atoms with van der Waals surface area (Å²) < 4.78 is 1.94. The zero-order valence-electron chi connectivity index (χ0n) is 10.5. The van der Waals surface area contributed by atoms with Crippen LogP contribution in [0.4, 0.5) is 5.00 Å². The minimum atomic E-state index is 0. The van der Waals surface area contributed by atoms with Gasteiger partial charge in [0, 0.05) is 19.8 Å². The molecule has 0 unspecified atom stereocenters. The van der Waals surface area contributed by atoms with Crippen LogP contribution in [0.25, 0.3) is 12.2 Å². The maximum absolute atomic E-state index is 4.61. The topological polar surface area (TPSA) is 42.7 Å². The Morgan fingerprint density at radius 2 is 2.21 bits per heavy atom. The van der Waals surface area contributed by atoms with Gasteiger partial charge in [-0.05, 0) is 25.0 Å². The fourth-order valence-electron chi connectivity index (χ4n) is 1.88. The molecule has 1 aliphatic rings. The van der Waals surface area contributed by atoms with Crippen LogP contribution in [0.2, 0.25) is 0 Å². The van der Waals surface area contributed by atoms with Crippen molar-refractivity contribution in [3.63, 3.8) is 0 Å². The molecule has 4 nitrogen and oxygen atoms in total. The minimum Gasteiger partial charge on any atom is -0.375 e. The SMILES string of the molecule is Cl.Cl.Cn1cnc(C=Cc2nc3c(s2)NCCC3)c1. The number of imidazole rings is 1. The van der Waals surface area contributed by atoms with Gasteiger partial charge in [-0.15, -0.1) is 24.8 Å². The van der Waals surface area contributed by atoms with E-state index in [2.05, 4.69) is 15.3 Å². The van der Waals surface area contributed by atoms with E-state index in [1.807, 2.05) is 30.0 Å². The molecule has 0 fully saturated rings. The van der Waals surface area contributed by atoms with Crippen LogP contribution in [0, 0.1) is 0 Å². The maximum atomic E-state index is 4.61. The van der Waals surface area contributed by atoms with Crippen LogP contribution in [0.15, 0.2) is 12.5 Å². The van der Waals surface area contributed by atoms with Crippen molar-refractivity contribution in [2.75, 3.05) is 11.9 Å². The second-order valence-electron chi connectivity index (χ2n) is 4.16. The molecule has 104 valence electrons. The third kappa shape index (κ3) is 3.72. The summed E-state index contributed by atoms with van der Waals surface area (Å²) in [7, 11) is 1.97. The molecule has 2 aromatic heterocycles. The summed E-state index contributed by atoms with van der Waals surface area (Å²) in [6, 6.07) is 0. The van der Waals surface area contributed by atoms with Crippen LogP contribution in [0.1, 0.15) is 22.8 Å². The first-order valence-corrected chi connectivity index (χ1v) is 6.52. The highest BCUT2D eigenvalue weighted by Crippen LogP contribution is 2.29. The van der Waals surface area contributed by atoms with Gasteiger partial charge in [0.05, 0.1) is 17.7 Å². The van der Waals surface area contributed by atoms with Crippen molar-refractivity contribution in [2.24, 2.45) is 7.05 Å². The number of nitrogens with zero attached hydrogens (tertiary/aromatic N) is 3. The predicted molar refractivity (Wildman–Crippen MR) is 85.6 cm³/mol. The zero-order chi connectivity index (χ0) is 11.7. The Kier molecular flexibility index (Phi) is 5.85. The van der Waals surface area contributed by atoms with Crippen LogP contribution in [-0.4, -0.2) is 21.1 Å². The van der Waals surface area contributed by atoms with E-state index in [-0.39, 0.29) is 24.8 Å². The van der Waals surface area contributed by atoms with Crippen LogP contribution < -0.4 is 5.32 Å². The molecule has 1 aliphatic heterocycles. The molecule has 0 amide bonds. The zero-order valence-corrected chi connectivity index (χ0v) is 12.9. The minimum absolute atomic E-state index is 0. The smallest absolute Gasteiger partial charge is 0.118 e. The van der Waals surface area contributed by atoms with Gasteiger partial charge in [0.2, 0.25) is 0 Å². The summed E-state index contributed by atoms with van der Waals surface area (Å²) in [5, 5.41) is 5.67. The Morgan fingerprint density at radius 3 is 2.89 bits per heavy atom. The van der Waals surface area contributed by atoms with Crippen molar-refractivity contribution >= 4 is 53.3 Å². The normalized spacial score (nSPS) is 13.3. The lowest BCUT2D eigenvalue weighted by Crippen LogP contribution is -2.09. The maximum Gasteiger partial charge on any atom is 0.118 e. The molecule has 0 bridgehead atoms. The average Bonchev–Trinajstić information content (AvgIpc) is 2.91. The Bertz CT molecular complexity index is 538. The van der Waals surface area contributed by atoms with Crippen LogP contribution in [0.3, 0.4) is 0 Å². The summed E-state index contributed by atoms with van der Waals surface area (Å²) in [5.74, 6) is 0. The van der Waals surface area contributed by atoms with Gasteiger partial charge in [-0.3, -0.25) is 0 Å². The summed E-state index contributed by atoms with van der Waals surface area (Å²) in [6.45, 7) is 1.07. The molecule has 0 aromatic carbocycles. The third-order valence-corrected chi connectivity index (χ3v) is 3.73. The molecule has 1 N–H and O–H groups in total. The van der Waals surface area contributed by atoms with Crippen molar-refractivity contribution in [1.29, 1.82) is 0 Å². The van der Waals surface area contributed by atoms with Gasteiger partial charge in [-0.1, -0.05) is 11.3 Å². The van der Waals surface area contributed by atoms with E-state index in [9.17, 15) is 0 Å². The van der Waals surface area contributed by atoms with Crippen molar-refractivity contribution in [1.82, 2.24) is 14.5 Å².